The van der Waals surface area contributed by atoms with E-state index in [4.69, 9.17) is 0 Å². The average Bonchev–Trinajstić information content (AvgIpc) is 2.45. The normalized spacial score (nSPS) is 15.1. The predicted octanol–water partition coefficient (Wildman–Crippen LogP) is 5.28. The number of rotatable bonds is 1. The van der Waals surface area contributed by atoms with E-state index >= 15 is 0 Å². The van der Waals surface area contributed by atoms with Gasteiger partial charge in [0.15, 0.2) is 0 Å². The Morgan fingerprint density at radius 3 is 1.78 bits per heavy atom. The maximum absolute atomic E-state index is 2.50. The summed E-state index contributed by atoms with van der Waals surface area (Å²) in [6, 6.07) is 8.89. The highest BCUT2D eigenvalue weighted by molar-refractivity contribution is 5.47. The van der Waals surface area contributed by atoms with Gasteiger partial charge in [-0.1, -0.05) is 52.3 Å². The Hall–Kier alpha value is -0.980. The topological polar surface area (TPSA) is 3.24 Å². The molecule has 2 rings (SSSR count). The first-order valence-electron chi connectivity index (χ1n) is 7.57. The molecule has 0 saturated carbocycles. The van der Waals surface area contributed by atoms with Crippen LogP contribution in [0.4, 0.5) is 5.69 Å². The summed E-state index contributed by atoms with van der Waals surface area (Å²) < 4.78 is 0. The van der Waals surface area contributed by atoms with Crippen LogP contribution >= 0.6 is 0 Å². The minimum absolute atomic E-state index is 0.914. The van der Waals surface area contributed by atoms with Crippen LogP contribution in [-0.4, -0.2) is 13.1 Å². The summed E-state index contributed by atoms with van der Waals surface area (Å²) in [7, 11) is 0. The summed E-state index contributed by atoms with van der Waals surface area (Å²) in [6.45, 7) is 14.9. The molecule has 1 aliphatic rings. The summed E-state index contributed by atoms with van der Waals surface area (Å²) in [6.07, 6.45) is 2.68. The van der Waals surface area contributed by atoms with E-state index in [9.17, 15) is 0 Å². The molecule has 1 aromatic carbocycles. The largest absolute Gasteiger partial charge is 0.372 e. The lowest BCUT2D eigenvalue weighted by Gasteiger charge is -2.32. The van der Waals surface area contributed by atoms with E-state index in [1.807, 2.05) is 27.7 Å². The van der Waals surface area contributed by atoms with Crippen LogP contribution in [0.1, 0.15) is 53.0 Å². The van der Waals surface area contributed by atoms with Crippen LogP contribution < -0.4 is 4.90 Å². The highest BCUT2D eigenvalue weighted by Gasteiger charge is 2.15. The van der Waals surface area contributed by atoms with Gasteiger partial charge in [0, 0.05) is 18.8 Å². The maximum atomic E-state index is 2.50. The summed E-state index contributed by atoms with van der Waals surface area (Å²) in [5.41, 5.74) is 2.74. The van der Waals surface area contributed by atoms with Gasteiger partial charge in [-0.25, -0.2) is 0 Å². The van der Waals surface area contributed by atoms with Gasteiger partial charge in [0.25, 0.3) is 0 Å². The fraction of sp³-hybridized carbons (Fsp3) is 0.647. The molecular formula is C17H31N. The van der Waals surface area contributed by atoms with Crippen molar-refractivity contribution in [2.45, 2.75) is 54.4 Å². The first-order valence-corrected chi connectivity index (χ1v) is 7.57. The lowest BCUT2D eigenvalue weighted by atomic mass is 9.99. The molecule has 0 unspecified atom stereocenters. The molecule has 0 N–H and O–H groups in total. The molecule has 1 heterocycles. The van der Waals surface area contributed by atoms with Crippen LogP contribution in [0.5, 0.6) is 0 Å². The molecule has 0 aromatic heterocycles. The molecule has 0 bridgehead atoms. The van der Waals surface area contributed by atoms with Crippen LogP contribution in [0.2, 0.25) is 0 Å². The number of benzene rings is 1. The van der Waals surface area contributed by atoms with Crippen LogP contribution in [-0.2, 0) is 0 Å². The SMILES string of the molecule is CC.CC.Cc1ccc(N2CCC(C)CC2)cc1. The zero-order valence-electron chi connectivity index (χ0n) is 13.2. The Labute approximate surface area is 114 Å². The van der Waals surface area contributed by atoms with Crippen molar-refractivity contribution in [3.05, 3.63) is 29.8 Å². The summed E-state index contributed by atoms with van der Waals surface area (Å²) in [4.78, 5) is 2.50. The average molecular weight is 249 g/mol. The van der Waals surface area contributed by atoms with Crippen LogP contribution in [0.15, 0.2) is 24.3 Å². The third-order valence-electron chi connectivity index (χ3n) is 3.18. The molecule has 0 amide bonds. The number of nitrogens with zero attached hydrogens (tertiary/aromatic N) is 1. The Morgan fingerprint density at radius 2 is 1.33 bits per heavy atom. The van der Waals surface area contributed by atoms with Crippen molar-refractivity contribution in [2.24, 2.45) is 5.92 Å². The molecule has 1 aliphatic heterocycles. The van der Waals surface area contributed by atoms with Gasteiger partial charge in [0.05, 0.1) is 0 Å². The maximum Gasteiger partial charge on any atom is 0.0366 e. The minimum atomic E-state index is 0.914. The summed E-state index contributed by atoms with van der Waals surface area (Å²) in [5.74, 6) is 0.914. The summed E-state index contributed by atoms with van der Waals surface area (Å²) >= 11 is 0. The van der Waals surface area contributed by atoms with Gasteiger partial charge < -0.3 is 4.90 Å². The molecule has 0 atom stereocenters. The lowest BCUT2D eigenvalue weighted by Crippen LogP contribution is -2.32. The lowest BCUT2D eigenvalue weighted by molar-refractivity contribution is 0.438. The van der Waals surface area contributed by atoms with Crippen molar-refractivity contribution in [1.82, 2.24) is 0 Å². The van der Waals surface area contributed by atoms with Gasteiger partial charge in [0.1, 0.15) is 0 Å². The second kappa shape index (κ2) is 9.99. The van der Waals surface area contributed by atoms with Crippen LogP contribution in [0.25, 0.3) is 0 Å². The highest BCUT2D eigenvalue weighted by Crippen LogP contribution is 2.22. The van der Waals surface area contributed by atoms with Crippen molar-refractivity contribution in [2.75, 3.05) is 18.0 Å². The summed E-state index contributed by atoms with van der Waals surface area (Å²) in [5, 5.41) is 0. The molecule has 18 heavy (non-hydrogen) atoms. The van der Waals surface area contributed by atoms with E-state index in [-0.39, 0.29) is 0 Å². The van der Waals surface area contributed by atoms with E-state index in [1.54, 1.807) is 0 Å². The van der Waals surface area contributed by atoms with E-state index in [0.29, 0.717) is 0 Å². The first kappa shape index (κ1) is 17.0. The third-order valence-corrected chi connectivity index (χ3v) is 3.18. The van der Waals surface area contributed by atoms with Crippen molar-refractivity contribution >= 4 is 5.69 Å². The Balaban J connectivity index is 0.000000659. The standard InChI is InChI=1S/C13H19N.2C2H6/c1-11-3-5-13(6-4-11)14-9-7-12(2)8-10-14;2*1-2/h3-6,12H,7-10H2,1-2H3;2*1-2H3. The molecule has 0 spiro atoms. The van der Waals surface area contributed by atoms with Crippen molar-refractivity contribution in [1.29, 1.82) is 0 Å². The molecule has 0 radical (unpaired) electrons. The second-order valence-corrected chi connectivity index (χ2v) is 4.51. The second-order valence-electron chi connectivity index (χ2n) is 4.51. The van der Waals surface area contributed by atoms with Crippen molar-refractivity contribution in [3.8, 4) is 0 Å². The van der Waals surface area contributed by atoms with Crippen molar-refractivity contribution < 1.29 is 0 Å². The van der Waals surface area contributed by atoms with Gasteiger partial charge >= 0.3 is 0 Å². The molecule has 104 valence electrons. The number of hydrogen-bond donors (Lipinski definition) is 0. The Morgan fingerprint density at radius 1 is 0.889 bits per heavy atom. The predicted molar refractivity (Wildman–Crippen MR) is 84.5 cm³/mol. The van der Waals surface area contributed by atoms with Crippen LogP contribution in [0.3, 0.4) is 0 Å². The first-order chi connectivity index (χ1) is 8.75. The number of aryl methyl sites for hydroxylation is 1. The quantitative estimate of drug-likeness (QED) is 0.654. The number of piperidine rings is 1. The molecule has 1 nitrogen and oxygen atoms in total. The molecule has 1 heteroatoms. The molecular weight excluding hydrogens is 218 g/mol. The van der Waals surface area contributed by atoms with E-state index in [0.717, 1.165) is 5.92 Å². The van der Waals surface area contributed by atoms with E-state index in [1.165, 1.54) is 37.2 Å². The Kier molecular flexibility index (Phi) is 9.45. The fourth-order valence-corrected chi connectivity index (χ4v) is 2.02. The van der Waals surface area contributed by atoms with Crippen LogP contribution in [0, 0.1) is 12.8 Å². The Bertz CT molecular complexity index is 281. The fourth-order valence-electron chi connectivity index (χ4n) is 2.02. The van der Waals surface area contributed by atoms with Gasteiger partial charge in [-0.2, -0.15) is 0 Å². The molecule has 0 aliphatic carbocycles. The smallest absolute Gasteiger partial charge is 0.0366 e. The number of hydrogen-bond acceptors (Lipinski definition) is 1. The monoisotopic (exact) mass is 249 g/mol. The van der Waals surface area contributed by atoms with Crippen molar-refractivity contribution in [3.63, 3.8) is 0 Å². The zero-order valence-corrected chi connectivity index (χ0v) is 13.2. The van der Waals surface area contributed by atoms with Gasteiger partial charge in [-0.3, -0.25) is 0 Å². The number of anilines is 1. The molecule has 1 saturated heterocycles. The van der Waals surface area contributed by atoms with E-state index < -0.39 is 0 Å². The van der Waals surface area contributed by atoms with E-state index in [2.05, 4.69) is 43.0 Å². The van der Waals surface area contributed by atoms with Gasteiger partial charge in [0.2, 0.25) is 0 Å². The minimum Gasteiger partial charge on any atom is -0.372 e. The zero-order chi connectivity index (χ0) is 14.0. The highest BCUT2D eigenvalue weighted by atomic mass is 15.1. The third kappa shape index (κ3) is 5.57. The molecule has 1 fully saturated rings. The van der Waals surface area contributed by atoms with Gasteiger partial charge in [-0.15, -0.1) is 0 Å². The molecule has 1 aromatic rings. The van der Waals surface area contributed by atoms with Gasteiger partial charge in [-0.05, 0) is 37.8 Å².